The summed E-state index contributed by atoms with van der Waals surface area (Å²) in [6.07, 6.45) is 0. The summed E-state index contributed by atoms with van der Waals surface area (Å²) >= 11 is 0. The van der Waals surface area contributed by atoms with Crippen LogP contribution in [0.1, 0.15) is 126 Å². The van der Waals surface area contributed by atoms with Gasteiger partial charge in [-0.1, -0.05) is 95.2 Å². The van der Waals surface area contributed by atoms with Crippen LogP contribution in [0.2, 0.25) is 0 Å². The van der Waals surface area contributed by atoms with Gasteiger partial charge in [0.05, 0.1) is 11.9 Å². The van der Waals surface area contributed by atoms with Gasteiger partial charge in [-0.15, -0.1) is 0 Å². The average Bonchev–Trinajstić information content (AvgIpc) is 2.63. The number of aromatic hydroxyl groups is 2. The molecule has 2 rings (SSSR count). The Balaban J connectivity index is 0.000000682. The van der Waals surface area contributed by atoms with Gasteiger partial charge in [0.15, 0.2) is 0 Å². The third kappa shape index (κ3) is 8.30. The number of carboxylic acids is 2. The quantitative estimate of drug-likeness (QED) is 0.511. The number of aromatic carboxylic acids is 2. The van der Waals surface area contributed by atoms with Crippen molar-refractivity contribution in [3.8, 4) is 11.5 Å². The molecule has 0 aromatic heterocycles. The average molecular weight is 564 g/mol. The van der Waals surface area contributed by atoms with Gasteiger partial charge in [0.1, 0.15) is 11.5 Å². The molecule has 0 bridgehead atoms. The van der Waals surface area contributed by atoms with Crippen LogP contribution in [0.25, 0.3) is 0 Å². The van der Waals surface area contributed by atoms with Gasteiger partial charge in [-0.2, -0.15) is 0 Å². The first-order chi connectivity index (χ1) is 15.9. The SMILES string of the molecule is CC(C)(C)c1ccc(C(=O)[O-])c(O)c1C(C)(C)C.CC(C)(C)c1ccc(C(=O)[O-])c(O)c1C(C)(C)C.[Zn+2]. The van der Waals surface area contributed by atoms with Crippen LogP contribution in [0, 0.1) is 0 Å². The summed E-state index contributed by atoms with van der Waals surface area (Å²) < 4.78 is 0. The standard InChI is InChI=1S/2C15H22O3.Zn/c2*1-14(2,3)10-8-7-9(13(17)18)12(16)11(10)15(4,5)6;/h2*7-8,16H,1-6H3,(H,17,18);/q;;+2/p-2. The van der Waals surface area contributed by atoms with Crippen LogP contribution in [-0.2, 0) is 41.1 Å². The maximum absolute atomic E-state index is 11.0. The van der Waals surface area contributed by atoms with Crippen molar-refractivity contribution in [2.45, 2.75) is 105 Å². The topological polar surface area (TPSA) is 121 Å². The van der Waals surface area contributed by atoms with E-state index in [1.807, 2.05) is 83.1 Å². The zero-order valence-corrected chi connectivity index (χ0v) is 27.5. The van der Waals surface area contributed by atoms with Gasteiger partial charge in [0.2, 0.25) is 0 Å². The van der Waals surface area contributed by atoms with Gasteiger partial charge in [0.25, 0.3) is 0 Å². The molecular formula is C30H42O6Zn. The molecule has 0 saturated carbocycles. The van der Waals surface area contributed by atoms with Crippen LogP contribution in [0.5, 0.6) is 11.5 Å². The Bertz CT molecular complexity index is 1050. The Morgan fingerprint density at radius 3 is 0.946 bits per heavy atom. The number of carboxylic acid groups (broad SMARTS) is 2. The molecule has 6 nitrogen and oxygen atoms in total. The first-order valence-corrected chi connectivity index (χ1v) is 12.1. The Labute approximate surface area is 234 Å². The number of benzene rings is 2. The smallest absolute Gasteiger partial charge is 0.545 e. The number of hydrogen-bond donors (Lipinski definition) is 2. The molecule has 0 heterocycles. The van der Waals surface area contributed by atoms with E-state index >= 15 is 0 Å². The number of hydrogen-bond acceptors (Lipinski definition) is 6. The van der Waals surface area contributed by atoms with Gasteiger partial charge >= 0.3 is 19.5 Å². The summed E-state index contributed by atoms with van der Waals surface area (Å²) in [6.45, 7) is 24.0. The molecule has 0 aliphatic rings. The summed E-state index contributed by atoms with van der Waals surface area (Å²) in [5.41, 5.74) is 1.98. The van der Waals surface area contributed by atoms with E-state index in [1.54, 1.807) is 12.1 Å². The Hall–Kier alpha value is -2.40. The van der Waals surface area contributed by atoms with Crippen LogP contribution in [-0.4, -0.2) is 22.2 Å². The van der Waals surface area contributed by atoms with Crippen molar-refractivity contribution in [3.05, 3.63) is 57.6 Å². The number of carbonyl (C=O) groups is 2. The van der Waals surface area contributed by atoms with E-state index in [2.05, 4.69) is 0 Å². The van der Waals surface area contributed by atoms with E-state index in [-0.39, 0.29) is 63.8 Å². The summed E-state index contributed by atoms with van der Waals surface area (Å²) in [7, 11) is 0. The molecule has 37 heavy (non-hydrogen) atoms. The van der Waals surface area contributed by atoms with Crippen LogP contribution in [0.15, 0.2) is 24.3 Å². The molecule has 200 valence electrons. The molecule has 0 amide bonds. The Kier molecular flexibility index (Phi) is 10.8. The summed E-state index contributed by atoms with van der Waals surface area (Å²) in [6, 6.07) is 6.37. The second-order valence-corrected chi connectivity index (χ2v) is 13.3. The van der Waals surface area contributed by atoms with Gasteiger partial charge in [0, 0.05) is 22.3 Å². The summed E-state index contributed by atoms with van der Waals surface area (Å²) in [5.74, 6) is -3.04. The van der Waals surface area contributed by atoms with Crippen molar-refractivity contribution in [2.75, 3.05) is 0 Å². The molecule has 2 aromatic carbocycles. The predicted octanol–water partition coefficient (Wildman–Crippen LogP) is 4.70. The molecule has 7 heteroatoms. The van der Waals surface area contributed by atoms with Crippen LogP contribution in [0.4, 0.5) is 0 Å². The van der Waals surface area contributed by atoms with E-state index in [9.17, 15) is 30.0 Å². The molecular weight excluding hydrogens is 522 g/mol. The van der Waals surface area contributed by atoms with Crippen molar-refractivity contribution in [1.82, 2.24) is 0 Å². The molecule has 0 aliphatic heterocycles. The summed E-state index contributed by atoms with van der Waals surface area (Å²) in [4.78, 5) is 22.0. The van der Waals surface area contributed by atoms with E-state index < -0.39 is 11.9 Å². The minimum absolute atomic E-state index is 0. The zero-order chi connectivity index (χ0) is 28.6. The number of phenols is 2. The first kappa shape index (κ1) is 34.6. The predicted molar refractivity (Wildman–Crippen MR) is 140 cm³/mol. The maximum Gasteiger partial charge on any atom is 2.00 e. The van der Waals surface area contributed by atoms with Crippen molar-refractivity contribution in [1.29, 1.82) is 0 Å². The van der Waals surface area contributed by atoms with E-state index in [0.29, 0.717) is 11.1 Å². The van der Waals surface area contributed by atoms with Gasteiger partial charge in [-0.05, 0) is 44.9 Å². The van der Waals surface area contributed by atoms with Crippen molar-refractivity contribution < 1.29 is 49.5 Å². The fourth-order valence-electron chi connectivity index (χ4n) is 4.28. The Morgan fingerprint density at radius 1 is 0.541 bits per heavy atom. The normalized spacial score (nSPS) is 12.2. The molecule has 0 fully saturated rings. The van der Waals surface area contributed by atoms with Crippen molar-refractivity contribution in [2.24, 2.45) is 0 Å². The molecule has 0 radical (unpaired) electrons. The molecule has 2 N–H and O–H groups in total. The largest absolute Gasteiger partial charge is 2.00 e. The van der Waals surface area contributed by atoms with Gasteiger partial charge in [-0.3, -0.25) is 0 Å². The summed E-state index contributed by atoms with van der Waals surface area (Å²) in [5, 5.41) is 42.4. The molecule has 0 unspecified atom stereocenters. The molecule has 0 spiro atoms. The van der Waals surface area contributed by atoms with Crippen LogP contribution < -0.4 is 10.2 Å². The number of rotatable bonds is 2. The van der Waals surface area contributed by atoms with Gasteiger partial charge < -0.3 is 30.0 Å². The van der Waals surface area contributed by atoms with E-state index in [0.717, 1.165) is 11.1 Å². The van der Waals surface area contributed by atoms with E-state index in [4.69, 9.17) is 0 Å². The fourth-order valence-corrected chi connectivity index (χ4v) is 4.28. The number of carbonyl (C=O) groups excluding carboxylic acids is 2. The molecule has 0 atom stereocenters. The fraction of sp³-hybridized carbons (Fsp3) is 0.533. The van der Waals surface area contributed by atoms with Crippen molar-refractivity contribution >= 4 is 11.9 Å². The molecule has 0 saturated heterocycles. The van der Waals surface area contributed by atoms with Crippen molar-refractivity contribution in [3.63, 3.8) is 0 Å². The first-order valence-electron chi connectivity index (χ1n) is 12.1. The zero-order valence-electron chi connectivity index (χ0n) is 24.5. The third-order valence-electron chi connectivity index (χ3n) is 5.91. The third-order valence-corrected chi connectivity index (χ3v) is 5.91. The monoisotopic (exact) mass is 562 g/mol. The second-order valence-electron chi connectivity index (χ2n) is 13.3. The van der Waals surface area contributed by atoms with Gasteiger partial charge in [-0.25, -0.2) is 0 Å². The molecule has 0 aliphatic carbocycles. The van der Waals surface area contributed by atoms with Crippen LogP contribution in [0.3, 0.4) is 0 Å². The minimum Gasteiger partial charge on any atom is -0.545 e. The van der Waals surface area contributed by atoms with E-state index in [1.165, 1.54) is 12.1 Å². The molecule has 2 aromatic rings. The second kappa shape index (κ2) is 11.6. The van der Waals surface area contributed by atoms with Crippen LogP contribution >= 0.6 is 0 Å². The Morgan fingerprint density at radius 2 is 0.784 bits per heavy atom. The minimum atomic E-state index is -1.35. The maximum atomic E-state index is 11.0.